The molecule has 0 spiro atoms. The topological polar surface area (TPSA) is 39.2 Å². The van der Waals surface area contributed by atoms with Gasteiger partial charge in [0.15, 0.2) is 0 Å². The second kappa shape index (κ2) is 9.82. The number of hydrazone groups is 1. The molecule has 2 aliphatic rings. The van der Waals surface area contributed by atoms with Crippen LogP contribution in [0.4, 0.5) is 5.69 Å². The number of aryl methyl sites for hydroxylation is 2. The fourth-order valence-corrected chi connectivity index (χ4v) is 4.78. The third kappa shape index (κ3) is 4.90. The van der Waals surface area contributed by atoms with E-state index in [1.54, 1.807) is 5.01 Å². The van der Waals surface area contributed by atoms with Gasteiger partial charge in [0.05, 0.1) is 18.3 Å². The van der Waals surface area contributed by atoms with Crippen molar-refractivity contribution in [3.8, 4) is 0 Å². The van der Waals surface area contributed by atoms with Gasteiger partial charge in [0.1, 0.15) is 0 Å². The Kier molecular flexibility index (Phi) is 6.45. The van der Waals surface area contributed by atoms with Gasteiger partial charge in [-0.15, -0.1) is 0 Å². The van der Waals surface area contributed by atoms with Crippen LogP contribution >= 0.6 is 0 Å². The molecule has 0 saturated carbocycles. The molecule has 3 aromatic rings. The summed E-state index contributed by atoms with van der Waals surface area (Å²) in [5.74, 6) is 0.0702. The summed E-state index contributed by atoms with van der Waals surface area (Å²) in [5.41, 5.74) is 6.90. The third-order valence-corrected chi connectivity index (χ3v) is 6.87. The quantitative estimate of drug-likeness (QED) is 0.558. The Bertz CT molecular complexity index is 1150. The standard InChI is InChI=1S/C29H32N4O/c1-22-8-12-24(13-9-22)27-20-28(25-14-10-23(2)11-15-25)33(30-27)29(34)21-31-16-18-32(19-17-31)26-6-4-3-5-7-26/h3-15,28H,16-21H2,1-2H3. The summed E-state index contributed by atoms with van der Waals surface area (Å²) >= 11 is 0. The van der Waals surface area contributed by atoms with Crippen LogP contribution in [0.1, 0.15) is 34.7 Å². The number of para-hydroxylation sites is 1. The van der Waals surface area contributed by atoms with Crippen LogP contribution in [0, 0.1) is 13.8 Å². The number of nitrogens with zero attached hydrogens (tertiary/aromatic N) is 4. The zero-order valence-corrected chi connectivity index (χ0v) is 20.0. The molecule has 174 valence electrons. The monoisotopic (exact) mass is 452 g/mol. The molecule has 1 fully saturated rings. The Balaban J connectivity index is 1.30. The van der Waals surface area contributed by atoms with Crippen LogP contribution in [0.25, 0.3) is 0 Å². The van der Waals surface area contributed by atoms with Gasteiger partial charge in [-0.3, -0.25) is 9.69 Å². The molecule has 2 aliphatic heterocycles. The highest BCUT2D eigenvalue weighted by molar-refractivity contribution is 6.03. The highest BCUT2D eigenvalue weighted by Gasteiger charge is 2.34. The van der Waals surface area contributed by atoms with Crippen LogP contribution in [0.3, 0.4) is 0 Å². The summed E-state index contributed by atoms with van der Waals surface area (Å²) in [6, 6.07) is 27.4. The molecule has 0 aromatic heterocycles. The Morgan fingerprint density at radius 1 is 0.824 bits per heavy atom. The molecular weight excluding hydrogens is 420 g/mol. The van der Waals surface area contributed by atoms with Gasteiger partial charge in [-0.2, -0.15) is 5.10 Å². The molecule has 34 heavy (non-hydrogen) atoms. The van der Waals surface area contributed by atoms with Crippen molar-refractivity contribution in [1.82, 2.24) is 9.91 Å². The van der Waals surface area contributed by atoms with Crippen molar-refractivity contribution < 1.29 is 4.79 Å². The van der Waals surface area contributed by atoms with E-state index in [1.165, 1.54) is 16.8 Å². The summed E-state index contributed by atoms with van der Waals surface area (Å²) in [7, 11) is 0. The number of anilines is 1. The highest BCUT2D eigenvalue weighted by atomic mass is 16.2. The summed E-state index contributed by atoms with van der Waals surface area (Å²) in [5, 5.41) is 6.60. The molecule has 1 saturated heterocycles. The first-order valence-electron chi connectivity index (χ1n) is 12.1. The van der Waals surface area contributed by atoms with Crippen LogP contribution in [-0.4, -0.2) is 54.3 Å². The normalized spacial score (nSPS) is 18.8. The largest absolute Gasteiger partial charge is 0.369 e. The van der Waals surface area contributed by atoms with Gasteiger partial charge in [-0.05, 0) is 37.1 Å². The molecule has 0 aliphatic carbocycles. The van der Waals surface area contributed by atoms with Crippen molar-refractivity contribution in [1.29, 1.82) is 0 Å². The summed E-state index contributed by atoms with van der Waals surface area (Å²) in [6.07, 6.45) is 0.736. The second-order valence-corrected chi connectivity index (χ2v) is 9.38. The van der Waals surface area contributed by atoms with Crippen molar-refractivity contribution in [2.75, 3.05) is 37.6 Å². The van der Waals surface area contributed by atoms with Crippen LogP contribution in [0.5, 0.6) is 0 Å². The highest BCUT2D eigenvalue weighted by Crippen LogP contribution is 2.33. The lowest BCUT2D eigenvalue weighted by Gasteiger charge is -2.36. The predicted octanol–water partition coefficient (Wildman–Crippen LogP) is 4.80. The molecule has 5 rings (SSSR count). The number of benzene rings is 3. The van der Waals surface area contributed by atoms with E-state index in [-0.39, 0.29) is 11.9 Å². The minimum Gasteiger partial charge on any atom is -0.369 e. The zero-order valence-electron chi connectivity index (χ0n) is 20.0. The van der Waals surface area contributed by atoms with Crippen LogP contribution in [-0.2, 0) is 4.79 Å². The number of amides is 1. The maximum absolute atomic E-state index is 13.5. The summed E-state index contributed by atoms with van der Waals surface area (Å²) in [6.45, 7) is 8.17. The number of hydrogen-bond donors (Lipinski definition) is 0. The average Bonchev–Trinajstić information content (AvgIpc) is 3.32. The lowest BCUT2D eigenvalue weighted by Crippen LogP contribution is -2.49. The Hall–Kier alpha value is -3.44. The van der Waals surface area contributed by atoms with E-state index in [2.05, 4.69) is 96.4 Å². The van der Waals surface area contributed by atoms with E-state index in [0.717, 1.165) is 49.4 Å². The van der Waals surface area contributed by atoms with E-state index >= 15 is 0 Å². The van der Waals surface area contributed by atoms with Gasteiger partial charge in [0.2, 0.25) is 0 Å². The van der Waals surface area contributed by atoms with Crippen molar-refractivity contribution >= 4 is 17.3 Å². The lowest BCUT2D eigenvalue weighted by molar-refractivity contribution is -0.134. The van der Waals surface area contributed by atoms with Gasteiger partial charge in [0.25, 0.3) is 5.91 Å². The van der Waals surface area contributed by atoms with Gasteiger partial charge in [-0.1, -0.05) is 77.9 Å². The first-order chi connectivity index (χ1) is 16.6. The fourth-order valence-electron chi connectivity index (χ4n) is 4.78. The first-order valence-corrected chi connectivity index (χ1v) is 12.1. The predicted molar refractivity (Wildman–Crippen MR) is 138 cm³/mol. The smallest absolute Gasteiger partial charge is 0.257 e. The molecular formula is C29H32N4O. The molecule has 1 amide bonds. The summed E-state index contributed by atoms with van der Waals surface area (Å²) in [4.78, 5) is 18.2. The Morgan fingerprint density at radius 3 is 2.09 bits per heavy atom. The van der Waals surface area contributed by atoms with E-state index in [4.69, 9.17) is 5.10 Å². The molecule has 1 unspecified atom stereocenters. The number of rotatable bonds is 5. The van der Waals surface area contributed by atoms with Gasteiger partial charge in [0, 0.05) is 38.3 Å². The summed E-state index contributed by atoms with van der Waals surface area (Å²) < 4.78 is 0. The van der Waals surface area contributed by atoms with Crippen molar-refractivity contribution in [2.24, 2.45) is 5.10 Å². The van der Waals surface area contributed by atoms with Gasteiger partial charge in [-0.25, -0.2) is 5.01 Å². The van der Waals surface area contributed by atoms with E-state index in [1.807, 2.05) is 6.07 Å². The Morgan fingerprint density at radius 2 is 1.44 bits per heavy atom. The Labute approximate surface area is 202 Å². The van der Waals surface area contributed by atoms with Crippen molar-refractivity contribution in [3.05, 3.63) is 101 Å². The number of carbonyl (C=O) groups excluding carboxylic acids is 1. The zero-order chi connectivity index (χ0) is 23.5. The molecule has 0 N–H and O–H groups in total. The molecule has 1 atom stereocenters. The minimum absolute atomic E-state index is 0.0602. The fraction of sp³-hybridized carbons (Fsp3) is 0.310. The maximum atomic E-state index is 13.5. The van der Waals surface area contributed by atoms with E-state index in [9.17, 15) is 4.79 Å². The molecule has 2 heterocycles. The van der Waals surface area contributed by atoms with Crippen LogP contribution in [0.2, 0.25) is 0 Å². The number of piperazine rings is 1. The molecule has 5 nitrogen and oxygen atoms in total. The van der Waals surface area contributed by atoms with E-state index < -0.39 is 0 Å². The minimum atomic E-state index is -0.0602. The van der Waals surface area contributed by atoms with Crippen LogP contribution < -0.4 is 4.90 Å². The third-order valence-electron chi connectivity index (χ3n) is 6.87. The first kappa shape index (κ1) is 22.4. The average molecular weight is 453 g/mol. The second-order valence-electron chi connectivity index (χ2n) is 9.38. The SMILES string of the molecule is Cc1ccc(C2=NN(C(=O)CN3CCN(c4ccccc4)CC3)C(c3ccc(C)cc3)C2)cc1. The molecule has 0 radical (unpaired) electrons. The van der Waals surface area contributed by atoms with Gasteiger partial charge < -0.3 is 4.90 Å². The number of hydrogen-bond acceptors (Lipinski definition) is 4. The maximum Gasteiger partial charge on any atom is 0.257 e. The van der Waals surface area contributed by atoms with E-state index in [0.29, 0.717) is 6.54 Å². The van der Waals surface area contributed by atoms with Gasteiger partial charge >= 0.3 is 0 Å². The van der Waals surface area contributed by atoms with Crippen LogP contribution in [0.15, 0.2) is 84.0 Å². The molecule has 0 bridgehead atoms. The lowest BCUT2D eigenvalue weighted by atomic mass is 9.97. The molecule has 5 heteroatoms. The number of carbonyl (C=O) groups is 1. The van der Waals surface area contributed by atoms with Crippen molar-refractivity contribution in [3.63, 3.8) is 0 Å². The van der Waals surface area contributed by atoms with Crippen molar-refractivity contribution in [2.45, 2.75) is 26.3 Å². The molecule has 3 aromatic carbocycles.